The number of halogens is 1. The summed E-state index contributed by atoms with van der Waals surface area (Å²) in [5.41, 5.74) is 3.48. The van der Waals surface area contributed by atoms with Crippen molar-refractivity contribution in [1.29, 1.82) is 0 Å². The maximum atomic E-state index is 11.2. The molecule has 1 atom stereocenters. The van der Waals surface area contributed by atoms with Crippen molar-refractivity contribution >= 4 is 17.7 Å². The highest BCUT2D eigenvalue weighted by atomic mass is 35.5. The van der Waals surface area contributed by atoms with Crippen LogP contribution in [0.4, 0.5) is 4.79 Å². The molecule has 0 aliphatic carbocycles. The second-order valence-corrected chi connectivity index (χ2v) is 5.06. The molecule has 2 aromatic rings. The number of alkyl halides is 1. The van der Waals surface area contributed by atoms with Crippen LogP contribution in [0.1, 0.15) is 5.56 Å². The number of carbonyl (C=O) groups is 1. The van der Waals surface area contributed by atoms with Crippen LogP contribution in [0.25, 0.3) is 11.1 Å². The van der Waals surface area contributed by atoms with Crippen LogP contribution in [0.5, 0.6) is 0 Å². The topological polar surface area (TPSA) is 38.3 Å². The quantitative estimate of drug-likeness (QED) is 0.852. The SMILES string of the molecule is COC(=O)N[C@H](CCl)Cc1ccc(-c2ccccc2)cc1. The molecular formula is C17H18ClNO2. The first-order valence-corrected chi connectivity index (χ1v) is 7.31. The van der Waals surface area contributed by atoms with E-state index in [0.29, 0.717) is 12.3 Å². The van der Waals surface area contributed by atoms with Crippen LogP contribution >= 0.6 is 11.6 Å². The molecule has 0 saturated heterocycles. The van der Waals surface area contributed by atoms with Crippen molar-refractivity contribution in [2.24, 2.45) is 0 Å². The van der Waals surface area contributed by atoms with Crippen LogP contribution < -0.4 is 5.32 Å². The lowest BCUT2D eigenvalue weighted by Crippen LogP contribution is -2.37. The minimum atomic E-state index is -0.457. The van der Waals surface area contributed by atoms with Gasteiger partial charge in [0, 0.05) is 11.9 Å². The number of hydrogen-bond acceptors (Lipinski definition) is 2. The molecule has 0 aliphatic heterocycles. The summed E-state index contributed by atoms with van der Waals surface area (Å²) in [6.45, 7) is 0. The van der Waals surface area contributed by atoms with Crippen LogP contribution in [-0.4, -0.2) is 25.1 Å². The van der Waals surface area contributed by atoms with E-state index < -0.39 is 6.09 Å². The minimum Gasteiger partial charge on any atom is -0.453 e. The van der Waals surface area contributed by atoms with Crippen molar-refractivity contribution in [3.05, 3.63) is 60.2 Å². The Morgan fingerprint density at radius 1 is 1.10 bits per heavy atom. The van der Waals surface area contributed by atoms with E-state index in [1.165, 1.54) is 18.2 Å². The van der Waals surface area contributed by atoms with Crippen molar-refractivity contribution in [2.75, 3.05) is 13.0 Å². The molecule has 0 unspecified atom stereocenters. The molecule has 0 aromatic heterocycles. The van der Waals surface area contributed by atoms with Gasteiger partial charge in [-0.2, -0.15) is 0 Å². The van der Waals surface area contributed by atoms with Gasteiger partial charge in [0.05, 0.1) is 7.11 Å². The van der Waals surface area contributed by atoms with E-state index in [0.717, 1.165) is 5.56 Å². The second-order valence-electron chi connectivity index (χ2n) is 4.75. The molecule has 2 aromatic carbocycles. The fraction of sp³-hybridized carbons (Fsp3) is 0.235. The number of benzene rings is 2. The summed E-state index contributed by atoms with van der Waals surface area (Å²) in [6, 6.07) is 18.3. The van der Waals surface area contributed by atoms with Gasteiger partial charge in [-0.1, -0.05) is 54.6 Å². The third-order valence-electron chi connectivity index (χ3n) is 3.24. The molecular weight excluding hydrogens is 286 g/mol. The number of rotatable bonds is 5. The Balaban J connectivity index is 2.03. The molecule has 1 N–H and O–H groups in total. The second kappa shape index (κ2) is 7.70. The lowest BCUT2D eigenvalue weighted by atomic mass is 10.0. The summed E-state index contributed by atoms with van der Waals surface area (Å²) >= 11 is 5.88. The van der Waals surface area contributed by atoms with Crippen LogP contribution in [0.15, 0.2) is 54.6 Å². The zero-order chi connectivity index (χ0) is 15.1. The third kappa shape index (κ3) is 4.50. The Hall–Kier alpha value is -2.00. The molecule has 4 heteroatoms. The van der Waals surface area contributed by atoms with Gasteiger partial charge < -0.3 is 10.1 Å². The Morgan fingerprint density at radius 3 is 2.29 bits per heavy atom. The van der Waals surface area contributed by atoms with Gasteiger partial charge in [0.2, 0.25) is 0 Å². The van der Waals surface area contributed by atoms with Crippen molar-refractivity contribution in [3.8, 4) is 11.1 Å². The average Bonchev–Trinajstić information content (AvgIpc) is 2.55. The van der Waals surface area contributed by atoms with Gasteiger partial charge in [-0.15, -0.1) is 11.6 Å². The monoisotopic (exact) mass is 303 g/mol. The first-order valence-electron chi connectivity index (χ1n) is 6.77. The summed E-state index contributed by atoms with van der Waals surface area (Å²) < 4.78 is 4.59. The third-order valence-corrected chi connectivity index (χ3v) is 3.61. The standard InChI is InChI=1S/C17H18ClNO2/c1-21-17(20)19-16(12-18)11-13-7-9-15(10-8-13)14-5-3-2-4-6-14/h2-10,16H,11-12H2,1H3,(H,19,20)/t16-/m0/s1. The van der Waals surface area contributed by atoms with Gasteiger partial charge in [-0.25, -0.2) is 4.79 Å². The molecule has 110 valence electrons. The molecule has 0 aliphatic rings. The minimum absolute atomic E-state index is 0.137. The van der Waals surface area contributed by atoms with E-state index in [-0.39, 0.29) is 6.04 Å². The van der Waals surface area contributed by atoms with Crippen molar-refractivity contribution in [3.63, 3.8) is 0 Å². The summed E-state index contributed by atoms with van der Waals surface area (Å²) in [6.07, 6.45) is 0.217. The number of carbonyl (C=O) groups excluding carboxylic acids is 1. The zero-order valence-electron chi connectivity index (χ0n) is 11.9. The van der Waals surface area contributed by atoms with E-state index in [4.69, 9.17) is 11.6 Å². The highest BCUT2D eigenvalue weighted by Crippen LogP contribution is 2.19. The molecule has 0 saturated carbocycles. The zero-order valence-corrected chi connectivity index (χ0v) is 12.6. The highest BCUT2D eigenvalue weighted by Gasteiger charge is 2.12. The van der Waals surface area contributed by atoms with E-state index in [9.17, 15) is 4.79 Å². The average molecular weight is 304 g/mol. The maximum Gasteiger partial charge on any atom is 0.407 e. The first kappa shape index (κ1) is 15.4. The van der Waals surface area contributed by atoms with Crippen molar-refractivity contribution in [1.82, 2.24) is 5.32 Å². The molecule has 1 amide bonds. The first-order chi connectivity index (χ1) is 10.2. The molecule has 3 nitrogen and oxygen atoms in total. The number of hydrogen-bond donors (Lipinski definition) is 1. The fourth-order valence-electron chi connectivity index (χ4n) is 2.12. The number of amides is 1. The van der Waals surface area contributed by atoms with Crippen molar-refractivity contribution < 1.29 is 9.53 Å². The molecule has 0 spiro atoms. The summed E-state index contributed by atoms with van der Waals surface area (Å²) in [7, 11) is 1.34. The Bertz CT molecular complexity index is 569. The lowest BCUT2D eigenvalue weighted by Gasteiger charge is -2.15. The maximum absolute atomic E-state index is 11.2. The van der Waals surface area contributed by atoms with E-state index in [1.54, 1.807) is 0 Å². The van der Waals surface area contributed by atoms with Crippen LogP contribution in [0.3, 0.4) is 0 Å². The smallest absolute Gasteiger partial charge is 0.407 e. The van der Waals surface area contributed by atoms with Gasteiger partial charge in [0.25, 0.3) is 0 Å². The predicted molar refractivity (Wildman–Crippen MR) is 85.6 cm³/mol. The van der Waals surface area contributed by atoms with Crippen LogP contribution in [0, 0.1) is 0 Å². The van der Waals surface area contributed by atoms with Gasteiger partial charge in [-0.3, -0.25) is 0 Å². The molecule has 0 heterocycles. The number of nitrogens with one attached hydrogen (secondary N) is 1. The normalized spacial score (nSPS) is 11.7. The predicted octanol–water partition coefficient (Wildman–Crippen LogP) is 3.86. The van der Waals surface area contributed by atoms with E-state index >= 15 is 0 Å². The molecule has 0 radical (unpaired) electrons. The summed E-state index contributed by atoms with van der Waals surface area (Å²) in [4.78, 5) is 11.2. The van der Waals surface area contributed by atoms with Crippen LogP contribution in [-0.2, 0) is 11.2 Å². The molecule has 21 heavy (non-hydrogen) atoms. The van der Waals surface area contributed by atoms with E-state index in [1.807, 2.05) is 18.2 Å². The Kier molecular flexibility index (Phi) is 5.64. The summed E-state index contributed by atoms with van der Waals surface area (Å²) in [5.74, 6) is 0.343. The Morgan fingerprint density at radius 2 is 1.71 bits per heavy atom. The van der Waals surface area contributed by atoms with Crippen molar-refractivity contribution in [2.45, 2.75) is 12.5 Å². The number of alkyl carbamates (subject to hydrolysis) is 1. The number of ether oxygens (including phenoxy) is 1. The largest absolute Gasteiger partial charge is 0.453 e. The van der Waals surface area contributed by atoms with Gasteiger partial charge in [0.15, 0.2) is 0 Å². The Labute approximate surface area is 129 Å². The molecule has 0 fully saturated rings. The molecule has 0 bridgehead atoms. The van der Waals surface area contributed by atoms with Crippen LogP contribution in [0.2, 0.25) is 0 Å². The lowest BCUT2D eigenvalue weighted by molar-refractivity contribution is 0.167. The number of methoxy groups -OCH3 is 1. The summed E-state index contributed by atoms with van der Waals surface area (Å²) in [5, 5.41) is 2.72. The van der Waals surface area contributed by atoms with Gasteiger partial charge in [0.1, 0.15) is 0 Å². The molecule has 2 rings (SSSR count). The van der Waals surface area contributed by atoms with Gasteiger partial charge >= 0.3 is 6.09 Å². The van der Waals surface area contributed by atoms with E-state index in [2.05, 4.69) is 46.5 Å². The fourth-order valence-corrected chi connectivity index (χ4v) is 2.30. The van der Waals surface area contributed by atoms with Gasteiger partial charge in [-0.05, 0) is 23.1 Å². The highest BCUT2D eigenvalue weighted by molar-refractivity contribution is 6.18.